The molecule has 0 aliphatic heterocycles. The molecule has 0 radical (unpaired) electrons. The lowest BCUT2D eigenvalue weighted by molar-refractivity contribution is -0.141. The van der Waals surface area contributed by atoms with Crippen molar-refractivity contribution in [2.24, 2.45) is 5.92 Å². The van der Waals surface area contributed by atoms with Crippen LogP contribution in [0.15, 0.2) is 51.4 Å². The first-order valence-electron chi connectivity index (χ1n) is 6.37. The smallest absolute Gasteiger partial charge is 0.307 e. The second-order valence-electron chi connectivity index (χ2n) is 4.78. The number of benzene rings is 2. The number of carboxylic acids is 1. The van der Waals surface area contributed by atoms with Crippen molar-refractivity contribution in [3.8, 4) is 0 Å². The minimum absolute atomic E-state index is 0.281. The predicted octanol–water partition coefficient (Wildman–Crippen LogP) is 4.84. The Kier molecular flexibility index (Phi) is 5.53. The fourth-order valence-electron chi connectivity index (χ4n) is 2.12. The Morgan fingerprint density at radius 3 is 2.38 bits per heavy atom. The first-order valence-corrected chi connectivity index (χ1v) is 7.96. The Morgan fingerprint density at radius 2 is 1.76 bits per heavy atom. The molecule has 2 aromatic carbocycles. The van der Waals surface area contributed by atoms with Gasteiger partial charge in [-0.2, -0.15) is 0 Å². The van der Waals surface area contributed by atoms with Crippen molar-refractivity contribution in [2.45, 2.75) is 12.8 Å². The summed E-state index contributed by atoms with van der Waals surface area (Å²) in [5.41, 5.74) is 1.61. The summed E-state index contributed by atoms with van der Waals surface area (Å²) >= 11 is 6.53. The molecule has 0 spiro atoms. The van der Waals surface area contributed by atoms with E-state index in [0.29, 0.717) is 16.5 Å². The molecular formula is C16H13Br2FO2. The molecule has 2 rings (SSSR count). The van der Waals surface area contributed by atoms with Crippen LogP contribution in [0.2, 0.25) is 0 Å². The van der Waals surface area contributed by atoms with E-state index in [0.717, 1.165) is 10.0 Å². The van der Waals surface area contributed by atoms with Gasteiger partial charge in [-0.3, -0.25) is 4.79 Å². The highest BCUT2D eigenvalue weighted by Crippen LogP contribution is 2.25. The lowest BCUT2D eigenvalue weighted by Gasteiger charge is -2.14. The first-order chi connectivity index (χ1) is 9.97. The second kappa shape index (κ2) is 7.18. The number of hydrogen-bond acceptors (Lipinski definition) is 1. The van der Waals surface area contributed by atoms with Crippen molar-refractivity contribution >= 4 is 37.8 Å². The number of carbonyl (C=O) groups is 1. The zero-order valence-corrected chi connectivity index (χ0v) is 14.2. The molecule has 0 bridgehead atoms. The zero-order chi connectivity index (χ0) is 15.4. The van der Waals surface area contributed by atoms with Gasteiger partial charge in [0.15, 0.2) is 0 Å². The van der Waals surface area contributed by atoms with Crippen LogP contribution >= 0.6 is 31.9 Å². The quantitative estimate of drug-likeness (QED) is 0.758. The van der Waals surface area contributed by atoms with E-state index in [9.17, 15) is 14.3 Å². The van der Waals surface area contributed by atoms with Crippen molar-refractivity contribution in [1.29, 1.82) is 0 Å². The van der Waals surface area contributed by atoms with Crippen molar-refractivity contribution in [3.05, 3.63) is 68.4 Å². The Hall–Kier alpha value is -1.20. The largest absolute Gasteiger partial charge is 0.481 e. The van der Waals surface area contributed by atoms with Gasteiger partial charge >= 0.3 is 5.97 Å². The zero-order valence-electron chi connectivity index (χ0n) is 11.0. The molecule has 0 fully saturated rings. The van der Waals surface area contributed by atoms with E-state index in [1.807, 2.05) is 24.3 Å². The molecular weight excluding hydrogens is 403 g/mol. The minimum atomic E-state index is -0.880. The summed E-state index contributed by atoms with van der Waals surface area (Å²) < 4.78 is 14.8. The Labute approximate surface area is 139 Å². The third-order valence-corrected chi connectivity index (χ3v) is 4.66. The van der Waals surface area contributed by atoms with Crippen LogP contribution in [0.5, 0.6) is 0 Å². The first kappa shape index (κ1) is 16.2. The SMILES string of the molecule is O=C(O)C(Cc1ccc(Br)cc1)Cc1cccc(F)c1Br. The summed E-state index contributed by atoms with van der Waals surface area (Å²) in [4.78, 5) is 11.5. The van der Waals surface area contributed by atoms with Crippen molar-refractivity contribution in [1.82, 2.24) is 0 Å². The van der Waals surface area contributed by atoms with Gasteiger partial charge in [-0.25, -0.2) is 4.39 Å². The molecule has 1 atom stereocenters. The summed E-state index contributed by atoms with van der Waals surface area (Å²) in [6, 6.07) is 12.2. The average Bonchev–Trinajstić information content (AvgIpc) is 2.45. The predicted molar refractivity (Wildman–Crippen MR) is 86.8 cm³/mol. The molecule has 0 saturated heterocycles. The molecule has 2 nitrogen and oxygen atoms in total. The fourth-order valence-corrected chi connectivity index (χ4v) is 2.81. The third-order valence-electron chi connectivity index (χ3n) is 3.24. The van der Waals surface area contributed by atoms with Crippen LogP contribution in [0, 0.1) is 11.7 Å². The van der Waals surface area contributed by atoms with Crippen LogP contribution in [-0.4, -0.2) is 11.1 Å². The van der Waals surface area contributed by atoms with Crippen LogP contribution in [-0.2, 0) is 17.6 Å². The Bertz CT molecular complexity index is 641. The van der Waals surface area contributed by atoms with E-state index >= 15 is 0 Å². The molecule has 0 amide bonds. The number of rotatable bonds is 5. The molecule has 1 unspecified atom stereocenters. The maximum Gasteiger partial charge on any atom is 0.307 e. The van der Waals surface area contributed by atoms with Gasteiger partial charge in [0, 0.05) is 4.47 Å². The van der Waals surface area contributed by atoms with E-state index in [2.05, 4.69) is 31.9 Å². The normalized spacial score (nSPS) is 12.1. The maximum atomic E-state index is 13.5. The highest BCUT2D eigenvalue weighted by molar-refractivity contribution is 9.10. The number of aliphatic carboxylic acids is 1. The minimum Gasteiger partial charge on any atom is -0.481 e. The molecule has 1 N–H and O–H groups in total. The third kappa shape index (κ3) is 4.38. The van der Waals surface area contributed by atoms with Crippen LogP contribution in [0.25, 0.3) is 0 Å². The van der Waals surface area contributed by atoms with Gasteiger partial charge in [-0.15, -0.1) is 0 Å². The highest BCUT2D eigenvalue weighted by Gasteiger charge is 2.20. The molecule has 5 heteroatoms. The van der Waals surface area contributed by atoms with Crippen LogP contribution in [0.1, 0.15) is 11.1 Å². The average molecular weight is 416 g/mol. The summed E-state index contributed by atoms with van der Waals surface area (Å²) in [5.74, 6) is -1.85. The molecule has 2 aromatic rings. The molecule has 110 valence electrons. The molecule has 0 aliphatic carbocycles. The Balaban J connectivity index is 2.18. The Morgan fingerprint density at radius 1 is 1.10 bits per heavy atom. The van der Waals surface area contributed by atoms with Crippen molar-refractivity contribution in [3.63, 3.8) is 0 Å². The number of hydrogen-bond donors (Lipinski definition) is 1. The van der Waals surface area contributed by atoms with E-state index in [1.54, 1.807) is 12.1 Å². The van der Waals surface area contributed by atoms with Gasteiger partial charge in [0.1, 0.15) is 5.82 Å². The van der Waals surface area contributed by atoms with Gasteiger partial charge in [0.2, 0.25) is 0 Å². The molecule has 0 aromatic heterocycles. The molecule has 0 heterocycles. The van der Waals surface area contributed by atoms with Gasteiger partial charge in [0.05, 0.1) is 10.4 Å². The standard InChI is InChI=1S/C16H13Br2FO2/c17-13-6-4-10(5-7-13)8-12(16(20)21)9-11-2-1-3-14(19)15(11)18/h1-7,12H,8-9H2,(H,20,21). The van der Waals surface area contributed by atoms with Gasteiger partial charge in [-0.05, 0) is 58.1 Å². The van der Waals surface area contributed by atoms with Gasteiger partial charge < -0.3 is 5.11 Å². The van der Waals surface area contributed by atoms with Crippen LogP contribution < -0.4 is 0 Å². The molecule has 0 saturated carbocycles. The summed E-state index contributed by atoms with van der Waals surface area (Å²) in [6.07, 6.45) is 0.690. The summed E-state index contributed by atoms with van der Waals surface area (Å²) in [5, 5.41) is 9.39. The van der Waals surface area contributed by atoms with E-state index < -0.39 is 11.9 Å². The van der Waals surface area contributed by atoms with E-state index in [4.69, 9.17) is 0 Å². The van der Waals surface area contributed by atoms with Gasteiger partial charge in [0.25, 0.3) is 0 Å². The van der Waals surface area contributed by atoms with Crippen LogP contribution in [0.3, 0.4) is 0 Å². The highest BCUT2D eigenvalue weighted by atomic mass is 79.9. The number of halogens is 3. The molecule has 21 heavy (non-hydrogen) atoms. The lowest BCUT2D eigenvalue weighted by Crippen LogP contribution is -2.19. The summed E-state index contributed by atoms with van der Waals surface area (Å²) in [7, 11) is 0. The maximum absolute atomic E-state index is 13.5. The topological polar surface area (TPSA) is 37.3 Å². The monoisotopic (exact) mass is 414 g/mol. The number of carboxylic acid groups (broad SMARTS) is 1. The second-order valence-corrected chi connectivity index (χ2v) is 6.49. The lowest BCUT2D eigenvalue weighted by atomic mass is 9.92. The van der Waals surface area contributed by atoms with E-state index in [1.165, 1.54) is 6.07 Å². The van der Waals surface area contributed by atoms with E-state index in [-0.39, 0.29) is 12.2 Å². The van der Waals surface area contributed by atoms with Crippen molar-refractivity contribution in [2.75, 3.05) is 0 Å². The summed E-state index contributed by atoms with van der Waals surface area (Å²) in [6.45, 7) is 0. The molecule has 0 aliphatic rings. The fraction of sp³-hybridized carbons (Fsp3) is 0.188. The van der Waals surface area contributed by atoms with Gasteiger partial charge in [-0.1, -0.05) is 40.2 Å². The van der Waals surface area contributed by atoms with Crippen molar-refractivity contribution < 1.29 is 14.3 Å². The van der Waals surface area contributed by atoms with Crippen LogP contribution in [0.4, 0.5) is 4.39 Å².